The van der Waals surface area contributed by atoms with Gasteiger partial charge >= 0.3 is 11.9 Å². The third kappa shape index (κ3) is 7.02. The van der Waals surface area contributed by atoms with Crippen molar-refractivity contribution < 1.29 is 19.8 Å². The summed E-state index contributed by atoms with van der Waals surface area (Å²) in [6, 6.07) is 20.8. The van der Waals surface area contributed by atoms with Gasteiger partial charge in [-0.05, 0) is 78.6 Å². The normalized spacial score (nSPS) is 11.2. The summed E-state index contributed by atoms with van der Waals surface area (Å²) in [4.78, 5) is 46.5. The summed E-state index contributed by atoms with van der Waals surface area (Å²) >= 11 is 8.39. The molecule has 0 aliphatic rings. The molecule has 0 saturated carbocycles. The predicted octanol–water partition coefficient (Wildman–Crippen LogP) is 10.2. The Morgan fingerprint density at radius 2 is 1.00 bits per heavy atom. The van der Waals surface area contributed by atoms with Crippen molar-refractivity contribution in [2.75, 3.05) is 0 Å². The lowest BCUT2D eigenvalue weighted by Gasteiger charge is -2.01. The number of aliphatic carboxylic acids is 2. The smallest absolute Gasteiger partial charge is 0.303 e. The van der Waals surface area contributed by atoms with E-state index < -0.39 is 11.9 Å². The van der Waals surface area contributed by atoms with Crippen molar-refractivity contribution in [2.24, 2.45) is 0 Å². The fraction of sp³-hybridized carbons (Fsp3) is 0.114. The third-order valence-electron chi connectivity index (χ3n) is 7.38. The molecule has 2 N–H and O–H groups in total. The Hall–Kier alpha value is -4.33. The van der Waals surface area contributed by atoms with Crippen LogP contribution in [-0.2, 0) is 22.4 Å². The summed E-state index contributed by atoms with van der Waals surface area (Å²) in [6.07, 6.45) is 9.71. The van der Waals surface area contributed by atoms with E-state index in [4.69, 9.17) is 0 Å². The molecule has 0 saturated heterocycles. The van der Waals surface area contributed by atoms with E-state index in [-0.39, 0.29) is 12.8 Å². The van der Waals surface area contributed by atoms with Gasteiger partial charge in [-0.25, -0.2) is 9.97 Å². The Morgan fingerprint density at radius 1 is 0.532 bits per heavy atom. The zero-order valence-corrected chi connectivity index (χ0v) is 28.7. The number of hydrogen-bond acceptors (Lipinski definition) is 10. The molecule has 7 heterocycles. The van der Waals surface area contributed by atoms with E-state index in [9.17, 15) is 19.8 Å². The SMILES string of the molecule is O=C(O)CCc1cc(-c2ccc(-c3cccnc3)s2)sc1-c1ccc(-c2sc(-c3ccc(-c4cncnc4)s3)cc2CCC(=O)O)s1. The maximum absolute atomic E-state index is 11.6. The quantitative estimate of drug-likeness (QED) is 0.130. The molecule has 0 spiro atoms. The number of aromatic nitrogens is 3. The second-order valence-corrected chi connectivity index (χ2v) is 15.9. The fourth-order valence-electron chi connectivity index (χ4n) is 5.14. The second-order valence-electron chi connectivity index (χ2n) is 10.6. The van der Waals surface area contributed by atoms with E-state index in [1.807, 2.05) is 18.3 Å². The Morgan fingerprint density at radius 3 is 1.51 bits per heavy atom. The van der Waals surface area contributed by atoms with Crippen molar-refractivity contribution in [1.82, 2.24) is 15.0 Å². The lowest BCUT2D eigenvalue weighted by atomic mass is 10.1. The van der Waals surface area contributed by atoms with Gasteiger partial charge in [0.05, 0.1) is 0 Å². The first-order valence-corrected chi connectivity index (χ1v) is 18.7. The number of pyridine rings is 1. The minimum absolute atomic E-state index is 0.0495. The lowest BCUT2D eigenvalue weighted by molar-refractivity contribution is -0.138. The minimum atomic E-state index is -0.826. The highest BCUT2D eigenvalue weighted by Crippen LogP contribution is 2.49. The summed E-state index contributed by atoms with van der Waals surface area (Å²) in [5.74, 6) is -1.65. The van der Waals surface area contributed by atoms with Crippen LogP contribution in [0.4, 0.5) is 0 Å². The van der Waals surface area contributed by atoms with Crippen LogP contribution >= 0.6 is 56.7 Å². The highest BCUT2D eigenvalue weighted by atomic mass is 32.1. The average molecular weight is 712 g/mol. The number of carboxylic acid groups (broad SMARTS) is 2. The lowest BCUT2D eigenvalue weighted by Crippen LogP contribution is -1.97. The van der Waals surface area contributed by atoms with Crippen LogP contribution in [0.5, 0.6) is 0 Å². The number of nitrogens with zero attached hydrogens (tertiary/aromatic N) is 3. The first-order valence-electron chi connectivity index (χ1n) is 14.6. The summed E-state index contributed by atoms with van der Waals surface area (Å²) in [5.41, 5.74) is 4.06. The molecule has 47 heavy (non-hydrogen) atoms. The van der Waals surface area contributed by atoms with Crippen LogP contribution < -0.4 is 0 Å². The monoisotopic (exact) mass is 711 g/mol. The maximum atomic E-state index is 11.6. The van der Waals surface area contributed by atoms with E-state index in [1.165, 1.54) is 6.33 Å². The Labute approximate surface area is 290 Å². The summed E-state index contributed by atoms with van der Waals surface area (Å²) in [6.45, 7) is 0. The highest BCUT2D eigenvalue weighted by molar-refractivity contribution is 7.30. The van der Waals surface area contributed by atoms with Gasteiger partial charge in [0, 0.05) is 97.5 Å². The zero-order chi connectivity index (χ0) is 32.3. The van der Waals surface area contributed by atoms with Crippen LogP contribution in [-0.4, -0.2) is 37.1 Å². The Bertz CT molecular complexity index is 2020. The van der Waals surface area contributed by atoms with Gasteiger partial charge in [-0.1, -0.05) is 6.07 Å². The van der Waals surface area contributed by atoms with Crippen molar-refractivity contribution in [1.29, 1.82) is 0 Å². The molecule has 7 rings (SSSR count). The molecule has 0 atom stereocenters. The van der Waals surface area contributed by atoms with Gasteiger partial charge in [-0.3, -0.25) is 14.6 Å². The van der Waals surface area contributed by atoms with Gasteiger partial charge in [0.15, 0.2) is 0 Å². The molecule has 12 heteroatoms. The summed E-state index contributed by atoms with van der Waals surface area (Å²) in [5, 5.41) is 19.0. The molecule has 7 nitrogen and oxygen atoms in total. The van der Waals surface area contributed by atoms with E-state index in [2.05, 4.69) is 63.5 Å². The van der Waals surface area contributed by atoms with Crippen molar-refractivity contribution in [3.8, 4) is 59.9 Å². The van der Waals surface area contributed by atoms with Crippen molar-refractivity contribution in [2.45, 2.75) is 25.7 Å². The van der Waals surface area contributed by atoms with Crippen molar-refractivity contribution >= 4 is 68.6 Å². The van der Waals surface area contributed by atoms with Crippen molar-refractivity contribution in [3.05, 3.63) is 103 Å². The predicted molar refractivity (Wildman–Crippen MR) is 194 cm³/mol. The first kappa shape index (κ1) is 31.3. The third-order valence-corrected chi connectivity index (χ3v) is 13.8. The number of carbonyl (C=O) groups is 2. The highest BCUT2D eigenvalue weighted by Gasteiger charge is 2.20. The maximum Gasteiger partial charge on any atom is 0.303 e. The minimum Gasteiger partial charge on any atom is -0.481 e. The number of carboxylic acids is 2. The summed E-state index contributed by atoms with van der Waals surface area (Å²) < 4.78 is 0. The van der Waals surface area contributed by atoms with Crippen LogP contribution in [0, 0.1) is 0 Å². The molecule has 0 radical (unpaired) electrons. The molecular formula is C35H25N3O4S5. The van der Waals surface area contributed by atoms with Gasteiger partial charge in [0.25, 0.3) is 0 Å². The molecule has 0 bridgehead atoms. The molecule has 0 fully saturated rings. The Kier molecular flexibility index (Phi) is 9.18. The largest absolute Gasteiger partial charge is 0.481 e. The van der Waals surface area contributed by atoms with Crippen LogP contribution in [0.15, 0.2) is 91.8 Å². The Balaban J connectivity index is 1.23. The molecular weight excluding hydrogens is 687 g/mol. The second kappa shape index (κ2) is 13.8. The van der Waals surface area contributed by atoms with Gasteiger partial charge in [-0.15, -0.1) is 56.7 Å². The molecule has 0 aromatic carbocycles. The van der Waals surface area contributed by atoms with E-state index in [1.54, 1.807) is 75.3 Å². The molecule has 234 valence electrons. The molecule has 0 amide bonds. The summed E-state index contributed by atoms with van der Waals surface area (Å²) in [7, 11) is 0. The van der Waals surface area contributed by atoms with Gasteiger partial charge in [-0.2, -0.15) is 0 Å². The van der Waals surface area contributed by atoms with E-state index in [0.717, 1.165) is 71.0 Å². The standard InChI is InChI=1S/C35H25N3O4S5/c39-32(40)11-3-20-14-30(26-7-5-24(43-26)22-2-1-13-36-16-22)46-34(20)28-9-10-29(45-28)35-21(4-12-33(41)42)15-31(47-35)27-8-6-25(44-27)23-17-37-19-38-18-23/h1-2,5-10,13-19H,3-4,11-12H2,(H,39,40)(H,41,42). The molecule has 0 unspecified atom stereocenters. The van der Waals surface area contributed by atoms with Crippen LogP contribution in [0.2, 0.25) is 0 Å². The van der Waals surface area contributed by atoms with Gasteiger partial charge in [0.1, 0.15) is 6.33 Å². The van der Waals surface area contributed by atoms with Crippen LogP contribution in [0.3, 0.4) is 0 Å². The van der Waals surface area contributed by atoms with E-state index in [0.29, 0.717) is 12.8 Å². The van der Waals surface area contributed by atoms with E-state index >= 15 is 0 Å². The van der Waals surface area contributed by atoms with Crippen LogP contribution in [0.1, 0.15) is 24.0 Å². The van der Waals surface area contributed by atoms with Gasteiger partial charge in [0.2, 0.25) is 0 Å². The average Bonchev–Trinajstić information content (AvgIpc) is 3.92. The molecule has 0 aliphatic carbocycles. The molecule has 0 aliphatic heterocycles. The first-order chi connectivity index (χ1) is 22.9. The van der Waals surface area contributed by atoms with Gasteiger partial charge < -0.3 is 10.2 Å². The zero-order valence-electron chi connectivity index (χ0n) is 24.6. The molecule has 7 aromatic heterocycles. The number of rotatable bonds is 12. The van der Waals surface area contributed by atoms with Crippen molar-refractivity contribution in [3.63, 3.8) is 0 Å². The number of thiophene rings is 5. The topological polar surface area (TPSA) is 113 Å². The van der Waals surface area contributed by atoms with Crippen LogP contribution in [0.25, 0.3) is 59.9 Å². The fourth-order valence-corrected chi connectivity index (χ4v) is 11.0. The number of hydrogen-bond donors (Lipinski definition) is 2. The number of aryl methyl sites for hydroxylation is 2. The molecule has 7 aromatic rings.